The number of hydrogen-bond acceptors (Lipinski definition) is 2. The number of allylic oxidation sites excluding steroid dienone is 1. The lowest BCUT2D eigenvalue weighted by atomic mass is 9.79. The molecule has 0 saturated heterocycles. The van der Waals surface area contributed by atoms with Crippen molar-refractivity contribution in [2.45, 2.75) is 69.9 Å². The Bertz CT molecular complexity index is 250. The molecule has 0 aromatic heterocycles. The first kappa shape index (κ1) is 15.7. The van der Waals surface area contributed by atoms with Crippen LogP contribution in [0.5, 0.6) is 0 Å². The van der Waals surface area contributed by atoms with E-state index in [0.29, 0.717) is 11.6 Å². The topological polar surface area (TPSA) is 15.3 Å². The molecule has 1 aliphatic carbocycles. The van der Waals surface area contributed by atoms with E-state index < -0.39 is 0 Å². The van der Waals surface area contributed by atoms with Crippen LogP contribution >= 0.6 is 0 Å². The number of nitrogens with one attached hydrogen (secondary N) is 1. The van der Waals surface area contributed by atoms with E-state index in [1.807, 2.05) is 0 Å². The van der Waals surface area contributed by atoms with Crippen LogP contribution in [0.15, 0.2) is 12.2 Å². The van der Waals surface area contributed by atoms with Gasteiger partial charge in [0.05, 0.1) is 0 Å². The van der Waals surface area contributed by atoms with E-state index in [9.17, 15) is 0 Å². The Morgan fingerprint density at radius 3 is 2.17 bits per heavy atom. The summed E-state index contributed by atoms with van der Waals surface area (Å²) < 4.78 is 0. The molecular formula is C16H32N2. The highest BCUT2D eigenvalue weighted by Gasteiger charge is 2.39. The summed E-state index contributed by atoms with van der Waals surface area (Å²) in [7, 11) is 6.64. The highest BCUT2D eigenvalue weighted by Crippen LogP contribution is 2.35. The first-order chi connectivity index (χ1) is 8.53. The van der Waals surface area contributed by atoms with Gasteiger partial charge in [-0.2, -0.15) is 0 Å². The van der Waals surface area contributed by atoms with Gasteiger partial charge in [-0.1, -0.05) is 31.3 Å². The molecule has 2 nitrogen and oxygen atoms in total. The number of hydrogen-bond donors (Lipinski definition) is 1. The highest BCUT2D eigenvalue weighted by molar-refractivity contribution is 5.01. The fraction of sp³-hybridized carbons (Fsp3) is 0.875. The normalized spacial score (nSPS) is 21.6. The van der Waals surface area contributed by atoms with E-state index in [1.54, 1.807) is 0 Å². The van der Waals surface area contributed by atoms with Gasteiger partial charge < -0.3 is 10.2 Å². The second-order valence-corrected chi connectivity index (χ2v) is 6.25. The zero-order valence-corrected chi connectivity index (χ0v) is 12.9. The molecular weight excluding hydrogens is 220 g/mol. The lowest BCUT2D eigenvalue weighted by Crippen LogP contribution is -2.58. The zero-order valence-electron chi connectivity index (χ0n) is 12.9. The lowest BCUT2D eigenvalue weighted by molar-refractivity contribution is 0.0798. The van der Waals surface area contributed by atoms with Crippen LogP contribution in [0, 0.1) is 0 Å². The minimum absolute atomic E-state index is 0.348. The first-order valence-corrected chi connectivity index (χ1v) is 7.52. The molecule has 0 amide bonds. The second-order valence-electron chi connectivity index (χ2n) is 6.25. The summed E-state index contributed by atoms with van der Waals surface area (Å²) in [6, 6.07) is 0.585. The predicted octanol–water partition coefficient (Wildman–Crippen LogP) is 3.59. The van der Waals surface area contributed by atoms with Gasteiger partial charge in [0.15, 0.2) is 0 Å². The van der Waals surface area contributed by atoms with Crippen molar-refractivity contribution in [3.05, 3.63) is 12.2 Å². The van der Waals surface area contributed by atoms with Gasteiger partial charge in [0, 0.05) is 11.6 Å². The largest absolute Gasteiger partial charge is 0.315 e. The van der Waals surface area contributed by atoms with Crippen molar-refractivity contribution in [1.29, 1.82) is 0 Å². The van der Waals surface area contributed by atoms with Crippen molar-refractivity contribution >= 4 is 0 Å². The number of rotatable bonds is 6. The van der Waals surface area contributed by atoms with Crippen LogP contribution in [0.2, 0.25) is 0 Å². The molecule has 1 saturated carbocycles. The van der Waals surface area contributed by atoms with Crippen molar-refractivity contribution in [3.8, 4) is 0 Å². The fourth-order valence-electron chi connectivity index (χ4n) is 3.52. The number of nitrogens with zero attached hydrogens (tertiary/aromatic N) is 1. The van der Waals surface area contributed by atoms with Gasteiger partial charge in [0.2, 0.25) is 0 Å². The summed E-state index contributed by atoms with van der Waals surface area (Å²) in [5, 5.41) is 3.59. The maximum atomic E-state index is 4.05. The SMILES string of the molecule is C=C(C)CCC(NC)C1(N(C)C)CCCCCC1. The Labute approximate surface area is 114 Å². The monoisotopic (exact) mass is 252 g/mol. The zero-order chi connectivity index (χ0) is 13.6. The maximum absolute atomic E-state index is 4.05. The summed E-state index contributed by atoms with van der Waals surface area (Å²) in [5.41, 5.74) is 1.65. The maximum Gasteiger partial charge on any atom is 0.0356 e. The molecule has 2 heteroatoms. The van der Waals surface area contributed by atoms with Gasteiger partial charge in [-0.3, -0.25) is 0 Å². The van der Waals surface area contributed by atoms with Gasteiger partial charge in [-0.15, -0.1) is 6.58 Å². The third kappa shape index (κ3) is 3.83. The van der Waals surface area contributed by atoms with E-state index in [2.05, 4.69) is 44.9 Å². The van der Waals surface area contributed by atoms with E-state index in [4.69, 9.17) is 0 Å². The molecule has 18 heavy (non-hydrogen) atoms. The smallest absolute Gasteiger partial charge is 0.0356 e. The summed E-state index contributed by atoms with van der Waals surface area (Å²) in [4.78, 5) is 2.48. The molecule has 0 bridgehead atoms. The van der Waals surface area contributed by atoms with Crippen LogP contribution in [0.25, 0.3) is 0 Å². The third-order valence-electron chi connectivity index (χ3n) is 4.72. The summed E-state index contributed by atoms with van der Waals surface area (Å²) in [5.74, 6) is 0. The quantitative estimate of drug-likeness (QED) is 0.574. The average Bonchev–Trinajstić information content (AvgIpc) is 2.56. The van der Waals surface area contributed by atoms with E-state index in [-0.39, 0.29) is 0 Å². The van der Waals surface area contributed by atoms with Crippen molar-refractivity contribution in [2.75, 3.05) is 21.1 Å². The predicted molar refractivity (Wildman–Crippen MR) is 81.0 cm³/mol. The van der Waals surface area contributed by atoms with Crippen LogP contribution in [-0.4, -0.2) is 37.6 Å². The summed E-state index contributed by atoms with van der Waals surface area (Å²) in [6.45, 7) is 6.19. The van der Waals surface area contributed by atoms with Crippen LogP contribution in [0.3, 0.4) is 0 Å². The van der Waals surface area contributed by atoms with Gasteiger partial charge in [0.25, 0.3) is 0 Å². The van der Waals surface area contributed by atoms with Crippen LogP contribution < -0.4 is 5.32 Å². The molecule has 0 radical (unpaired) electrons. The Kier molecular flexibility index (Phi) is 6.37. The van der Waals surface area contributed by atoms with Crippen LogP contribution in [0.4, 0.5) is 0 Å². The molecule has 0 aliphatic heterocycles. The minimum Gasteiger partial charge on any atom is -0.315 e. The van der Waals surface area contributed by atoms with Crippen molar-refractivity contribution in [2.24, 2.45) is 0 Å². The van der Waals surface area contributed by atoms with Gasteiger partial charge in [-0.05, 0) is 53.8 Å². The van der Waals surface area contributed by atoms with Crippen molar-refractivity contribution < 1.29 is 0 Å². The Balaban J connectivity index is 2.81. The number of likely N-dealkylation sites (N-methyl/N-ethyl adjacent to an activating group) is 2. The fourth-order valence-corrected chi connectivity index (χ4v) is 3.52. The molecule has 0 aromatic carbocycles. The van der Waals surface area contributed by atoms with Gasteiger partial charge in [0.1, 0.15) is 0 Å². The molecule has 1 atom stereocenters. The molecule has 0 spiro atoms. The molecule has 1 unspecified atom stereocenters. The Hall–Kier alpha value is -0.340. The van der Waals surface area contributed by atoms with Crippen molar-refractivity contribution in [1.82, 2.24) is 10.2 Å². The van der Waals surface area contributed by atoms with Crippen LogP contribution in [0.1, 0.15) is 58.3 Å². The molecule has 106 valence electrons. The first-order valence-electron chi connectivity index (χ1n) is 7.52. The molecule has 1 fully saturated rings. The third-order valence-corrected chi connectivity index (χ3v) is 4.72. The minimum atomic E-state index is 0.348. The van der Waals surface area contributed by atoms with E-state index in [1.165, 1.54) is 50.5 Å². The standard InChI is InChI=1S/C16H32N2/c1-14(2)10-11-15(17-3)16(18(4)5)12-8-6-7-9-13-16/h15,17H,1,6-13H2,2-5H3. The molecule has 0 aromatic rings. The highest BCUT2D eigenvalue weighted by atomic mass is 15.2. The molecule has 1 aliphatic rings. The molecule has 1 N–H and O–H groups in total. The summed E-state index contributed by atoms with van der Waals surface area (Å²) in [6.07, 6.45) is 10.6. The van der Waals surface area contributed by atoms with Gasteiger partial charge in [-0.25, -0.2) is 0 Å². The Morgan fingerprint density at radius 1 is 1.22 bits per heavy atom. The van der Waals surface area contributed by atoms with E-state index in [0.717, 1.165) is 6.42 Å². The van der Waals surface area contributed by atoms with E-state index >= 15 is 0 Å². The van der Waals surface area contributed by atoms with Gasteiger partial charge >= 0.3 is 0 Å². The lowest BCUT2D eigenvalue weighted by Gasteiger charge is -2.46. The van der Waals surface area contributed by atoms with Crippen LogP contribution in [-0.2, 0) is 0 Å². The summed E-state index contributed by atoms with van der Waals surface area (Å²) >= 11 is 0. The molecule has 0 heterocycles. The average molecular weight is 252 g/mol. The Morgan fingerprint density at radius 2 is 1.78 bits per heavy atom. The van der Waals surface area contributed by atoms with Crippen molar-refractivity contribution in [3.63, 3.8) is 0 Å². The molecule has 1 rings (SSSR count). The second kappa shape index (κ2) is 7.30.